The first-order valence-electron chi connectivity index (χ1n) is 7.11. The molecule has 116 valence electrons. The van der Waals surface area contributed by atoms with Crippen LogP contribution in [0, 0.1) is 0 Å². The molecule has 0 radical (unpaired) electrons. The molecule has 2 aromatic carbocycles. The summed E-state index contributed by atoms with van der Waals surface area (Å²) in [6.45, 7) is 0. The lowest BCUT2D eigenvalue weighted by atomic mass is 10.1. The molecule has 0 unspecified atom stereocenters. The molecule has 0 aliphatic heterocycles. The van der Waals surface area contributed by atoms with E-state index in [1.54, 1.807) is 11.7 Å². The lowest BCUT2D eigenvalue weighted by molar-refractivity contribution is -0.0760. The Morgan fingerprint density at radius 3 is 2.26 bits per heavy atom. The van der Waals surface area contributed by atoms with E-state index in [4.69, 9.17) is 4.84 Å². The van der Waals surface area contributed by atoms with Gasteiger partial charge in [-0.1, -0.05) is 53.7 Å². The molecule has 0 saturated carbocycles. The minimum Gasteiger partial charge on any atom is -0.274 e. The first kappa shape index (κ1) is 14.9. The fourth-order valence-corrected chi connectivity index (χ4v) is 2.26. The van der Waals surface area contributed by atoms with Gasteiger partial charge in [0.15, 0.2) is 5.69 Å². The Balaban J connectivity index is 2.19. The number of aromatic nitrogens is 3. The van der Waals surface area contributed by atoms with Crippen molar-refractivity contribution in [3.8, 4) is 16.9 Å². The largest absolute Gasteiger partial charge is 0.299 e. The molecule has 23 heavy (non-hydrogen) atoms. The molecule has 6 heteroatoms. The summed E-state index contributed by atoms with van der Waals surface area (Å²) >= 11 is 0. The zero-order valence-corrected chi connectivity index (χ0v) is 12.9. The normalized spacial score (nSPS) is 10.5. The molecule has 0 N–H and O–H groups in total. The molecule has 3 rings (SSSR count). The highest BCUT2D eigenvalue weighted by atomic mass is 16.7. The Morgan fingerprint density at radius 2 is 1.65 bits per heavy atom. The molecular formula is C17H16N4O2. The third-order valence-electron chi connectivity index (χ3n) is 3.48. The minimum atomic E-state index is -0.353. The molecule has 0 fully saturated rings. The van der Waals surface area contributed by atoms with Crippen LogP contribution in [0.25, 0.3) is 16.9 Å². The number of hydrogen-bond acceptors (Lipinski definition) is 4. The molecule has 0 spiro atoms. The van der Waals surface area contributed by atoms with Crippen LogP contribution < -0.4 is 0 Å². The van der Waals surface area contributed by atoms with Crippen LogP contribution in [0.2, 0.25) is 0 Å². The van der Waals surface area contributed by atoms with Gasteiger partial charge in [0, 0.05) is 12.6 Å². The third kappa shape index (κ3) is 2.84. The quantitative estimate of drug-likeness (QED) is 0.695. The second-order valence-corrected chi connectivity index (χ2v) is 4.89. The molecule has 1 heterocycles. The topological polar surface area (TPSA) is 60.2 Å². The van der Waals surface area contributed by atoms with Crippen LogP contribution in [-0.4, -0.2) is 40.1 Å². The van der Waals surface area contributed by atoms with Crippen molar-refractivity contribution in [2.45, 2.75) is 0 Å². The summed E-state index contributed by atoms with van der Waals surface area (Å²) in [5.74, 6) is -0.353. The smallest absolute Gasteiger partial charge is 0.274 e. The van der Waals surface area contributed by atoms with Gasteiger partial charge in [-0.2, -0.15) is 0 Å². The maximum Gasteiger partial charge on any atom is 0.299 e. The second-order valence-electron chi connectivity index (χ2n) is 4.89. The van der Waals surface area contributed by atoms with Gasteiger partial charge in [0.25, 0.3) is 5.91 Å². The van der Waals surface area contributed by atoms with Gasteiger partial charge >= 0.3 is 0 Å². The van der Waals surface area contributed by atoms with E-state index in [0.29, 0.717) is 5.69 Å². The van der Waals surface area contributed by atoms with Gasteiger partial charge in [-0.3, -0.25) is 9.63 Å². The summed E-state index contributed by atoms with van der Waals surface area (Å²) in [6.07, 6.45) is 0. The van der Waals surface area contributed by atoms with Crippen LogP contribution >= 0.6 is 0 Å². The summed E-state index contributed by atoms with van der Waals surface area (Å²) < 4.78 is 1.66. The van der Waals surface area contributed by atoms with Gasteiger partial charge in [0.2, 0.25) is 0 Å². The summed E-state index contributed by atoms with van der Waals surface area (Å²) in [5, 5.41) is 9.37. The third-order valence-corrected chi connectivity index (χ3v) is 3.48. The van der Waals surface area contributed by atoms with Crippen molar-refractivity contribution in [1.82, 2.24) is 20.1 Å². The van der Waals surface area contributed by atoms with E-state index in [-0.39, 0.29) is 11.6 Å². The number of carbonyl (C=O) groups is 1. The van der Waals surface area contributed by atoms with Gasteiger partial charge in [-0.25, -0.2) is 9.75 Å². The molecule has 0 saturated heterocycles. The number of rotatable bonds is 4. The average Bonchev–Trinajstić information content (AvgIpc) is 3.06. The number of para-hydroxylation sites is 1. The summed E-state index contributed by atoms with van der Waals surface area (Å²) in [7, 11) is 2.97. The maximum absolute atomic E-state index is 12.5. The molecule has 0 aliphatic rings. The van der Waals surface area contributed by atoms with Gasteiger partial charge in [-0.05, 0) is 12.1 Å². The molecule has 0 aliphatic carbocycles. The minimum absolute atomic E-state index is 0.240. The van der Waals surface area contributed by atoms with Crippen LogP contribution in [-0.2, 0) is 4.84 Å². The zero-order valence-electron chi connectivity index (χ0n) is 12.9. The Morgan fingerprint density at radius 1 is 1.04 bits per heavy atom. The molecule has 1 amide bonds. The van der Waals surface area contributed by atoms with E-state index >= 15 is 0 Å². The molecule has 0 atom stereocenters. The lowest BCUT2D eigenvalue weighted by Gasteiger charge is -2.13. The molecule has 6 nitrogen and oxygen atoms in total. The molecule has 1 aromatic heterocycles. The van der Waals surface area contributed by atoms with Crippen molar-refractivity contribution in [3.63, 3.8) is 0 Å². The van der Waals surface area contributed by atoms with Crippen molar-refractivity contribution in [2.24, 2.45) is 0 Å². The van der Waals surface area contributed by atoms with Crippen molar-refractivity contribution >= 4 is 5.91 Å². The van der Waals surface area contributed by atoms with Gasteiger partial charge in [-0.15, -0.1) is 5.10 Å². The summed E-state index contributed by atoms with van der Waals surface area (Å²) in [6, 6.07) is 19.1. The number of hydrogen-bond donors (Lipinski definition) is 0. The number of hydroxylamine groups is 2. The predicted molar refractivity (Wildman–Crippen MR) is 85.9 cm³/mol. The average molecular weight is 308 g/mol. The maximum atomic E-state index is 12.5. The summed E-state index contributed by atoms with van der Waals surface area (Å²) in [5.41, 5.74) is 2.56. The van der Waals surface area contributed by atoms with Crippen LogP contribution in [0.5, 0.6) is 0 Å². The van der Waals surface area contributed by atoms with E-state index in [9.17, 15) is 4.79 Å². The first-order valence-corrected chi connectivity index (χ1v) is 7.11. The Labute approximate surface area is 133 Å². The first-order chi connectivity index (χ1) is 11.2. The zero-order chi connectivity index (χ0) is 16.2. The Hall–Kier alpha value is -2.99. The monoisotopic (exact) mass is 308 g/mol. The Bertz CT molecular complexity index is 800. The summed E-state index contributed by atoms with van der Waals surface area (Å²) in [4.78, 5) is 17.5. The second kappa shape index (κ2) is 6.41. The van der Waals surface area contributed by atoms with Crippen LogP contribution in [0.4, 0.5) is 0 Å². The van der Waals surface area contributed by atoms with Crippen molar-refractivity contribution in [3.05, 3.63) is 66.4 Å². The highest BCUT2D eigenvalue weighted by Crippen LogP contribution is 2.25. The van der Waals surface area contributed by atoms with Crippen molar-refractivity contribution < 1.29 is 9.63 Å². The number of benzene rings is 2. The number of nitrogens with zero attached hydrogens (tertiary/aromatic N) is 4. The van der Waals surface area contributed by atoms with Gasteiger partial charge in [0.1, 0.15) is 5.69 Å². The van der Waals surface area contributed by atoms with Crippen LogP contribution in [0.15, 0.2) is 60.7 Å². The molecule has 0 bridgehead atoms. The van der Waals surface area contributed by atoms with Crippen LogP contribution in [0.1, 0.15) is 10.5 Å². The fourth-order valence-electron chi connectivity index (χ4n) is 2.26. The van der Waals surface area contributed by atoms with E-state index in [0.717, 1.165) is 16.3 Å². The number of carbonyl (C=O) groups excluding carboxylic acids is 1. The van der Waals surface area contributed by atoms with Gasteiger partial charge < -0.3 is 0 Å². The highest BCUT2D eigenvalue weighted by molar-refractivity contribution is 5.97. The van der Waals surface area contributed by atoms with Crippen molar-refractivity contribution in [1.29, 1.82) is 0 Å². The highest BCUT2D eigenvalue weighted by Gasteiger charge is 2.24. The lowest BCUT2D eigenvalue weighted by Crippen LogP contribution is -2.26. The van der Waals surface area contributed by atoms with E-state index < -0.39 is 0 Å². The standard InChI is InChI=1S/C17H16N4O2/c1-20(23-2)17(22)15-16(13-9-5-3-6-10-13)21(19-18-15)14-11-7-4-8-12-14/h3-12H,1-2H3. The van der Waals surface area contributed by atoms with E-state index in [2.05, 4.69) is 10.3 Å². The van der Waals surface area contributed by atoms with E-state index in [1.807, 2.05) is 60.7 Å². The van der Waals surface area contributed by atoms with E-state index in [1.165, 1.54) is 7.11 Å². The predicted octanol–water partition coefficient (Wildman–Crippen LogP) is 2.57. The molecule has 3 aromatic rings. The fraction of sp³-hybridized carbons (Fsp3) is 0.118. The Kier molecular flexibility index (Phi) is 4.16. The van der Waals surface area contributed by atoms with Gasteiger partial charge in [0.05, 0.1) is 12.8 Å². The van der Waals surface area contributed by atoms with Crippen molar-refractivity contribution in [2.75, 3.05) is 14.2 Å². The van der Waals surface area contributed by atoms with Crippen LogP contribution in [0.3, 0.4) is 0 Å². The number of amides is 1. The SMILES string of the molecule is CON(C)C(=O)c1nnn(-c2ccccc2)c1-c1ccccc1. The molecular weight excluding hydrogens is 292 g/mol.